The van der Waals surface area contributed by atoms with Crippen LogP contribution < -0.4 is 5.32 Å². The molecule has 5 nitrogen and oxygen atoms in total. The van der Waals surface area contributed by atoms with Gasteiger partial charge in [-0.2, -0.15) is 0 Å². The standard InChI is InChI=1S/C13H15Cl3N2O3/c1-2-18(4-3-13(20)21)7-12(19)17-11-6-9(15)8(14)5-10(11)16/h5-6H,2-4,7H2,1H3,(H,17,19)(H,20,21). The second-order valence-electron chi connectivity index (χ2n) is 4.31. The zero-order valence-corrected chi connectivity index (χ0v) is 13.6. The number of nitrogens with zero attached hydrogens (tertiary/aromatic N) is 1. The number of nitrogens with one attached hydrogen (secondary N) is 1. The van der Waals surface area contributed by atoms with Gasteiger partial charge in [-0.25, -0.2) is 0 Å². The number of carboxylic acids is 1. The first-order valence-electron chi connectivity index (χ1n) is 6.22. The first-order valence-corrected chi connectivity index (χ1v) is 7.35. The van der Waals surface area contributed by atoms with Gasteiger partial charge >= 0.3 is 5.97 Å². The van der Waals surface area contributed by atoms with Gasteiger partial charge in [0.2, 0.25) is 5.91 Å². The Morgan fingerprint density at radius 2 is 1.81 bits per heavy atom. The van der Waals surface area contributed by atoms with Crippen LogP contribution in [-0.2, 0) is 9.59 Å². The molecule has 0 saturated heterocycles. The van der Waals surface area contributed by atoms with Gasteiger partial charge in [-0.15, -0.1) is 0 Å². The van der Waals surface area contributed by atoms with Crippen LogP contribution in [0.5, 0.6) is 0 Å². The maximum Gasteiger partial charge on any atom is 0.304 e. The van der Waals surface area contributed by atoms with Crippen LogP contribution in [-0.4, -0.2) is 41.5 Å². The number of hydrogen-bond acceptors (Lipinski definition) is 3. The fraction of sp³-hybridized carbons (Fsp3) is 0.385. The second-order valence-corrected chi connectivity index (χ2v) is 5.53. The Bertz CT molecular complexity index is 538. The van der Waals surface area contributed by atoms with E-state index in [1.807, 2.05) is 6.92 Å². The molecule has 8 heteroatoms. The van der Waals surface area contributed by atoms with Crippen LogP contribution in [0.2, 0.25) is 15.1 Å². The van der Waals surface area contributed by atoms with Crippen LogP contribution in [0, 0.1) is 0 Å². The second kappa shape index (κ2) is 8.44. The van der Waals surface area contributed by atoms with Gasteiger partial charge in [-0.05, 0) is 18.7 Å². The average Bonchev–Trinajstić information content (AvgIpc) is 2.40. The molecule has 116 valence electrons. The number of carboxylic acid groups (broad SMARTS) is 1. The molecule has 1 aromatic carbocycles. The smallest absolute Gasteiger partial charge is 0.304 e. The van der Waals surface area contributed by atoms with Crippen molar-refractivity contribution in [1.82, 2.24) is 4.90 Å². The molecule has 1 amide bonds. The van der Waals surface area contributed by atoms with Crippen LogP contribution in [0.3, 0.4) is 0 Å². The maximum atomic E-state index is 11.9. The molecule has 1 aromatic rings. The van der Waals surface area contributed by atoms with Gasteiger partial charge in [0.05, 0.1) is 33.7 Å². The molecular weight excluding hydrogens is 339 g/mol. The lowest BCUT2D eigenvalue weighted by Crippen LogP contribution is -2.34. The summed E-state index contributed by atoms with van der Waals surface area (Å²) in [5.41, 5.74) is 0.366. The van der Waals surface area contributed by atoms with Crippen molar-refractivity contribution < 1.29 is 14.7 Å². The highest BCUT2D eigenvalue weighted by Gasteiger charge is 2.13. The number of amides is 1. The van der Waals surface area contributed by atoms with Crippen molar-refractivity contribution in [3.8, 4) is 0 Å². The monoisotopic (exact) mass is 352 g/mol. The van der Waals surface area contributed by atoms with Crippen LogP contribution >= 0.6 is 34.8 Å². The van der Waals surface area contributed by atoms with Gasteiger partial charge in [0.15, 0.2) is 0 Å². The quantitative estimate of drug-likeness (QED) is 0.737. The lowest BCUT2D eigenvalue weighted by Gasteiger charge is -2.19. The molecule has 1 rings (SSSR count). The normalized spacial score (nSPS) is 10.7. The van der Waals surface area contributed by atoms with E-state index in [0.717, 1.165) is 0 Å². The third-order valence-electron chi connectivity index (χ3n) is 2.74. The largest absolute Gasteiger partial charge is 0.481 e. The van der Waals surface area contributed by atoms with E-state index in [4.69, 9.17) is 39.9 Å². The summed E-state index contributed by atoms with van der Waals surface area (Å²) in [6.07, 6.45) is -0.0192. The molecule has 0 aliphatic rings. The van der Waals surface area contributed by atoms with Crippen LogP contribution in [0.4, 0.5) is 5.69 Å². The van der Waals surface area contributed by atoms with Crippen molar-refractivity contribution in [2.75, 3.05) is 25.0 Å². The fourth-order valence-electron chi connectivity index (χ4n) is 1.61. The van der Waals surface area contributed by atoms with Gasteiger partial charge < -0.3 is 10.4 Å². The zero-order valence-electron chi connectivity index (χ0n) is 11.3. The minimum absolute atomic E-state index is 0.0192. The number of halogens is 3. The number of rotatable bonds is 7. The Morgan fingerprint density at radius 1 is 1.19 bits per heavy atom. The van der Waals surface area contributed by atoms with E-state index in [2.05, 4.69) is 5.32 Å². The highest BCUT2D eigenvalue weighted by Crippen LogP contribution is 2.32. The van der Waals surface area contributed by atoms with Gasteiger partial charge in [0.25, 0.3) is 0 Å². The van der Waals surface area contributed by atoms with E-state index < -0.39 is 5.97 Å². The number of carbonyl (C=O) groups excluding carboxylic acids is 1. The molecule has 0 spiro atoms. The Balaban J connectivity index is 2.64. The molecule has 0 unspecified atom stereocenters. The zero-order chi connectivity index (χ0) is 16.0. The Kier molecular flexibility index (Phi) is 7.25. The predicted octanol–water partition coefficient (Wildman–Crippen LogP) is 3.38. The summed E-state index contributed by atoms with van der Waals surface area (Å²) >= 11 is 17.6. The van der Waals surface area contributed by atoms with Crippen molar-refractivity contribution in [3.63, 3.8) is 0 Å². The highest BCUT2D eigenvalue weighted by atomic mass is 35.5. The summed E-state index contributed by atoms with van der Waals surface area (Å²) in [5.74, 6) is -1.20. The molecule has 0 radical (unpaired) electrons. The summed E-state index contributed by atoms with van der Waals surface area (Å²) < 4.78 is 0. The summed E-state index contributed by atoms with van der Waals surface area (Å²) in [4.78, 5) is 24.2. The molecule has 2 N–H and O–H groups in total. The minimum atomic E-state index is -0.901. The van der Waals surface area contributed by atoms with Gasteiger partial charge in [0, 0.05) is 6.54 Å². The highest BCUT2D eigenvalue weighted by molar-refractivity contribution is 6.44. The Labute approximate surface area is 137 Å². The predicted molar refractivity (Wildman–Crippen MR) is 84.5 cm³/mol. The van der Waals surface area contributed by atoms with E-state index in [1.54, 1.807) is 4.90 Å². The SMILES string of the molecule is CCN(CCC(=O)O)CC(=O)Nc1cc(Cl)c(Cl)cc1Cl. The lowest BCUT2D eigenvalue weighted by atomic mass is 10.3. The molecule has 0 fully saturated rings. The van der Waals surface area contributed by atoms with E-state index in [0.29, 0.717) is 23.8 Å². The van der Waals surface area contributed by atoms with Crippen molar-refractivity contribution >= 4 is 52.4 Å². The van der Waals surface area contributed by atoms with E-state index in [9.17, 15) is 9.59 Å². The Hall–Kier alpha value is -1.01. The van der Waals surface area contributed by atoms with Crippen molar-refractivity contribution in [3.05, 3.63) is 27.2 Å². The van der Waals surface area contributed by atoms with Gasteiger partial charge in [-0.3, -0.25) is 14.5 Å². The molecule has 0 aliphatic heterocycles. The summed E-state index contributed by atoms with van der Waals surface area (Å²) in [6, 6.07) is 2.92. The first kappa shape index (κ1) is 18.0. The van der Waals surface area contributed by atoms with Gasteiger partial charge in [-0.1, -0.05) is 41.7 Å². The maximum absolute atomic E-state index is 11.9. The third-order valence-corrected chi connectivity index (χ3v) is 3.78. The minimum Gasteiger partial charge on any atom is -0.481 e. The summed E-state index contributed by atoms with van der Waals surface area (Å²) in [6.45, 7) is 2.78. The van der Waals surface area contributed by atoms with E-state index in [-0.39, 0.29) is 28.9 Å². The molecule has 0 aliphatic carbocycles. The molecule has 0 saturated carbocycles. The molecule has 0 atom stereocenters. The topological polar surface area (TPSA) is 69.6 Å². The number of aliphatic carboxylic acids is 1. The molecule has 0 aromatic heterocycles. The van der Waals surface area contributed by atoms with Crippen LogP contribution in [0.1, 0.15) is 13.3 Å². The average molecular weight is 354 g/mol. The number of hydrogen-bond donors (Lipinski definition) is 2. The van der Waals surface area contributed by atoms with Crippen LogP contribution in [0.15, 0.2) is 12.1 Å². The van der Waals surface area contributed by atoms with Crippen LogP contribution in [0.25, 0.3) is 0 Å². The van der Waals surface area contributed by atoms with Crippen molar-refractivity contribution in [1.29, 1.82) is 0 Å². The summed E-state index contributed by atoms with van der Waals surface area (Å²) in [7, 11) is 0. The summed E-state index contributed by atoms with van der Waals surface area (Å²) in [5, 5.41) is 12.1. The lowest BCUT2D eigenvalue weighted by molar-refractivity contribution is -0.137. The van der Waals surface area contributed by atoms with Gasteiger partial charge in [0.1, 0.15) is 0 Å². The number of carbonyl (C=O) groups is 2. The third kappa shape index (κ3) is 6.09. The molecule has 0 bridgehead atoms. The van der Waals surface area contributed by atoms with E-state index >= 15 is 0 Å². The molecule has 21 heavy (non-hydrogen) atoms. The number of benzene rings is 1. The Morgan fingerprint density at radius 3 is 2.38 bits per heavy atom. The van der Waals surface area contributed by atoms with Crippen molar-refractivity contribution in [2.45, 2.75) is 13.3 Å². The van der Waals surface area contributed by atoms with Crippen molar-refractivity contribution in [2.24, 2.45) is 0 Å². The molecular formula is C13H15Cl3N2O3. The number of likely N-dealkylation sites (N-methyl/N-ethyl adjacent to an activating group) is 1. The first-order chi connectivity index (χ1) is 9.83. The number of anilines is 1. The van der Waals surface area contributed by atoms with E-state index in [1.165, 1.54) is 12.1 Å². The fourth-order valence-corrected chi connectivity index (χ4v) is 2.21. The molecule has 0 heterocycles.